The van der Waals surface area contributed by atoms with E-state index >= 15 is 0 Å². The Hall–Kier alpha value is -1.43. The van der Waals surface area contributed by atoms with Crippen LogP contribution in [-0.4, -0.2) is 65.7 Å². The van der Waals surface area contributed by atoms with Crippen molar-refractivity contribution in [1.82, 2.24) is 9.80 Å². The second kappa shape index (κ2) is 13.3. The molecule has 1 aliphatic heterocycles. The molecule has 0 spiro atoms. The van der Waals surface area contributed by atoms with Crippen molar-refractivity contribution >= 4 is 11.6 Å². The normalized spacial score (nSPS) is 17.2. The van der Waals surface area contributed by atoms with Crippen molar-refractivity contribution in [3.05, 3.63) is 29.3 Å². The molecule has 0 aliphatic carbocycles. The van der Waals surface area contributed by atoms with Gasteiger partial charge in [-0.1, -0.05) is 51.8 Å². The first kappa shape index (κ1) is 26.8. The number of rotatable bonds is 12. The number of amides is 1. The van der Waals surface area contributed by atoms with Crippen molar-refractivity contribution < 1.29 is 9.90 Å². The monoisotopic (exact) mass is 445 g/mol. The van der Waals surface area contributed by atoms with Crippen LogP contribution >= 0.6 is 0 Å². The number of nitrogens with one attached hydrogen (secondary N) is 1. The standard InChI is InChI=1S/C27H47N3O2/c1-6-23-12-8-13-24(7-2)26(23)28-25(31)21-30-17-10-16-29(19-20-30)18-14-22(3)11-9-15-27(4,5)32/h8,12-13,22,32H,6-7,9-11,14-21H2,1-5H3,(H,28,31). The molecule has 0 bridgehead atoms. The second-order valence-electron chi connectivity index (χ2n) is 10.3. The Morgan fingerprint density at radius 2 is 1.69 bits per heavy atom. The number of benzene rings is 1. The lowest BCUT2D eigenvalue weighted by atomic mass is 9.95. The number of aryl methyl sites for hydroxylation is 2. The van der Waals surface area contributed by atoms with Gasteiger partial charge in [0.2, 0.25) is 5.91 Å². The van der Waals surface area contributed by atoms with Crippen LogP contribution in [-0.2, 0) is 17.6 Å². The number of aliphatic hydroxyl groups is 1. The number of anilines is 1. The Morgan fingerprint density at radius 3 is 2.31 bits per heavy atom. The predicted molar refractivity (Wildman–Crippen MR) is 135 cm³/mol. The molecule has 2 N–H and O–H groups in total. The van der Waals surface area contributed by atoms with E-state index in [4.69, 9.17) is 0 Å². The average molecular weight is 446 g/mol. The fraction of sp³-hybridized carbons (Fsp3) is 0.741. The van der Waals surface area contributed by atoms with E-state index in [-0.39, 0.29) is 5.91 Å². The molecule has 1 unspecified atom stereocenters. The molecule has 1 aromatic rings. The van der Waals surface area contributed by atoms with E-state index in [9.17, 15) is 9.90 Å². The van der Waals surface area contributed by atoms with Crippen molar-refractivity contribution in [1.29, 1.82) is 0 Å². The van der Waals surface area contributed by atoms with E-state index in [2.05, 4.69) is 54.1 Å². The van der Waals surface area contributed by atoms with Gasteiger partial charge in [0.1, 0.15) is 0 Å². The van der Waals surface area contributed by atoms with Gasteiger partial charge in [0.25, 0.3) is 0 Å². The third-order valence-electron chi connectivity index (χ3n) is 6.74. The molecule has 1 atom stereocenters. The van der Waals surface area contributed by atoms with Crippen molar-refractivity contribution in [3.8, 4) is 0 Å². The van der Waals surface area contributed by atoms with Crippen LogP contribution in [0.4, 0.5) is 5.69 Å². The third-order valence-corrected chi connectivity index (χ3v) is 6.74. The Balaban J connectivity index is 1.75. The maximum atomic E-state index is 12.8. The van der Waals surface area contributed by atoms with Crippen LogP contribution < -0.4 is 5.32 Å². The summed E-state index contributed by atoms with van der Waals surface area (Å²) in [6.45, 7) is 16.1. The van der Waals surface area contributed by atoms with E-state index < -0.39 is 5.60 Å². The molecule has 0 saturated carbocycles. The summed E-state index contributed by atoms with van der Waals surface area (Å²) in [6, 6.07) is 6.32. The minimum Gasteiger partial charge on any atom is -0.390 e. The van der Waals surface area contributed by atoms with Crippen LogP contribution in [0.3, 0.4) is 0 Å². The third kappa shape index (κ3) is 9.60. The van der Waals surface area contributed by atoms with Crippen LogP contribution in [0.2, 0.25) is 0 Å². The second-order valence-corrected chi connectivity index (χ2v) is 10.3. The highest BCUT2D eigenvalue weighted by molar-refractivity contribution is 5.93. The number of carbonyl (C=O) groups excluding carboxylic acids is 1. The van der Waals surface area contributed by atoms with Gasteiger partial charge in [-0.2, -0.15) is 0 Å². The molecule has 1 aliphatic rings. The smallest absolute Gasteiger partial charge is 0.238 e. The van der Waals surface area contributed by atoms with Gasteiger partial charge < -0.3 is 15.3 Å². The molecule has 1 saturated heterocycles. The predicted octanol–water partition coefficient (Wildman–Crippen LogP) is 4.73. The number of carbonyl (C=O) groups is 1. The summed E-state index contributed by atoms with van der Waals surface area (Å²) in [7, 11) is 0. The molecule has 32 heavy (non-hydrogen) atoms. The first-order valence-corrected chi connectivity index (χ1v) is 12.8. The Labute approximate surface area is 196 Å². The van der Waals surface area contributed by atoms with E-state index in [1.165, 1.54) is 24.0 Å². The Bertz CT molecular complexity index is 676. The van der Waals surface area contributed by atoms with Crippen molar-refractivity contribution in [2.75, 3.05) is 44.6 Å². The van der Waals surface area contributed by atoms with Gasteiger partial charge in [-0.15, -0.1) is 0 Å². The highest BCUT2D eigenvalue weighted by atomic mass is 16.3. The van der Waals surface area contributed by atoms with E-state index in [0.717, 1.165) is 70.5 Å². The fourth-order valence-corrected chi connectivity index (χ4v) is 4.62. The molecule has 2 rings (SSSR count). The molecule has 182 valence electrons. The zero-order valence-corrected chi connectivity index (χ0v) is 21.3. The topological polar surface area (TPSA) is 55.8 Å². The van der Waals surface area contributed by atoms with Crippen molar-refractivity contribution in [3.63, 3.8) is 0 Å². The summed E-state index contributed by atoms with van der Waals surface area (Å²) >= 11 is 0. The lowest BCUT2D eigenvalue weighted by Crippen LogP contribution is -2.37. The quantitative estimate of drug-likeness (QED) is 0.489. The average Bonchev–Trinajstić information content (AvgIpc) is 2.96. The number of para-hydroxylation sites is 1. The van der Waals surface area contributed by atoms with Crippen LogP contribution in [0, 0.1) is 5.92 Å². The number of nitrogens with zero attached hydrogens (tertiary/aromatic N) is 2. The largest absolute Gasteiger partial charge is 0.390 e. The van der Waals surface area contributed by atoms with Gasteiger partial charge in [0.05, 0.1) is 12.1 Å². The van der Waals surface area contributed by atoms with Crippen LogP contribution in [0.25, 0.3) is 0 Å². The molecule has 0 aromatic heterocycles. The first-order chi connectivity index (χ1) is 15.2. The number of hydrogen-bond donors (Lipinski definition) is 2. The van der Waals surface area contributed by atoms with E-state index in [0.29, 0.717) is 12.5 Å². The van der Waals surface area contributed by atoms with Crippen LogP contribution in [0.5, 0.6) is 0 Å². The first-order valence-electron chi connectivity index (χ1n) is 12.8. The Kier molecular flexibility index (Phi) is 11.2. The molecular formula is C27H47N3O2. The SMILES string of the molecule is CCc1cccc(CC)c1NC(=O)CN1CCCN(CCC(C)CCCC(C)(C)O)CC1. The zero-order chi connectivity index (χ0) is 23.6. The number of hydrogen-bond acceptors (Lipinski definition) is 4. The summed E-state index contributed by atoms with van der Waals surface area (Å²) in [6.07, 6.45) is 7.33. The minimum absolute atomic E-state index is 0.106. The zero-order valence-electron chi connectivity index (χ0n) is 21.3. The van der Waals surface area contributed by atoms with Gasteiger partial charge in [-0.05, 0) is 82.6 Å². The minimum atomic E-state index is -0.545. The van der Waals surface area contributed by atoms with Crippen molar-refractivity contribution in [2.24, 2.45) is 5.92 Å². The maximum Gasteiger partial charge on any atom is 0.238 e. The highest BCUT2D eigenvalue weighted by Crippen LogP contribution is 2.23. The Morgan fingerprint density at radius 1 is 1.06 bits per heavy atom. The maximum absolute atomic E-state index is 12.8. The van der Waals surface area contributed by atoms with Crippen LogP contribution in [0.15, 0.2) is 18.2 Å². The van der Waals surface area contributed by atoms with E-state index in [1.54, 1.807) is 0 Å². The lowest BCUT2D eigenvalue weighted by molar-refractivity contribution is -0.117. The van der Waals surface area contributed by atoms with Crippen LogP contribution in [0.1, 0.15) is 77.8 Å². The fourth-order valence-electron chi connectivity index (χ4n) is 4.62. The molecule has 5 nitrogen and oxygen atoms in total. The summed E-state index contributed by atoms with van der Waals surface area (Å²) in [4.78, 5) is 17.7. The summed E-state index contributed by atoms with van der Waals surface area (Å²) in [5, 5.41) is 13.1. The lowest BCUT2D eigenvalue weighted by Gasteiger charge is -2.23. The molecule has 1 heterocycles. The van der Waals surface area contributed by atoms with E-state index in [1.807, 2.05) is 13.8 Å². The summed E-state index contributed by atoms with van der Waals surface area (Å²) in [5.41, 5.74) is 2.92. The van der Waals surface area contributed by atoms with Gasteiger partial charge in [-0.25, -0.2) is 0 Å². The van der Waals surface area contributed by atoms with Gasteiger partial charge in [-0.3, -0.25) is 9.69 Å². The van der Waals surface area contributed by atoms with Gasteiger partial charge in [0, 0.05) is 18.8 Å². The van der Waals surface area contributed by atoms with Crippen molar-refractivity contribution in [2.45, 2.75) is 85.2 Å². The van der Waals surface area contributed by atoms with Gasteiger partial charge >= 0.3 is 0 Å². The molecule has 1 amide bonds. The molecule has 5 heteroatoms. The molecular weight excluding hydrogens is 398 g/mol. The summed E-state index contributed by atoms with van der Waals surface area (Å²) in [5.74, 6) is 0.795. The molecule has 1 aromatic carbocycles. The summed E-state index contributed by atoms with van der Waals surface area (Å²) < 4.78 is 0. The molecule has 0 radical (unpaired) electrons. The van der Waals surface area contributed by atoms with Gasteiger partial charge in [0.15, 0.2) is 0 Å². The highest BCUT2D eigenvalue weighted by Gasteiger charge is 2.19. The molecule has 1 fully saturated rings.